The zero-order chi connectivity index (χ0) is 26.8. The first kappa shape index (κ1) is 27.2. The maximum Gasteiger partial charge on any atom is 0.410 e. The topological polar surface area (TPSA) is 94.5 Å². The molecular weight excluding hydrogens is 499 g/mol. The Bertz CT molecular complexity index is 1220. The van der Waals surface area contributed by atoms with E-state index in [2.05, 4.69) is 4.99 Å². The lowest BCUT2D eigenvalue weighted by Gasteiger charge is -2.33. The highest BCUT2D eigenvalue weighted by molar-refractivity contribution is 7.92. The maximum atomic E-state index is 14.9. The van der Waals surface area contributed by atoms with Gasteiger partial charge in [-0.15, -0.1) is 0 Å². The lowest BCUT2D eigenvalue weighted by Crippen LogP contribution is -2.43. The number of rotatable bonds is 7. The lowest BCUT2D eigenvalue weighted by atomic mass is 10.1. The van der Waals surface area contributed by atoms with Crippen molar-refractivity contribution in [2.75, 3.05) is 13.1 Å². The van der Waals surface area contributed by atoms with Gasteiger partial charge < -0.3 is 19.1 Å². The Balaban J connectivity index is 1.43. The Labute approximate surface area is 218 Å². The number of carbonyl (C=O) groups excluding carboxylic acids is 1. The molecule has 1 saturated carbocycles. The third kappa shape index (κ3) is 6.91. The van der Waals surface area contributed by atoms with Gasteiger partial charge in [0.05, 0.1) is 10.1 Å². The van der Waals surface area contributed by atoms with E-state index in [1.54, 1.807) is 17.2 Å². The van der Waals surface area contributed by atoms with Gasteiger partial charge in [-0.2, -0.15) is 0 Å². The van der Waals surface area contributed by atoms with Crippen LogP contribution in [0.2, 0.25) is 0 Å². The minimum atomic E-state index is -3.50. The number of ether oxygens (including phenoxy) is 3. The standard InChI is InChI=1S/C27H35FN2O6S/c1-5-18-10-13-29-25(34-19-11-14-30(15-12-19)26(31)36-27(2,3)4)17-24(18)35-23-9-8-21(16-22(23)28)37(32,33)20-6-7-20/h8-9,13,16-17,19-20H,5-7,10-12,14-15H2,1-4H3. The summed E-state index contributed by atoms with van der Waals surface area (Å²) in [6.45, 7) is 8.51. The van der Waals surface area contributed by atoms with E-state index < -0.39 is 26.5 Å². The zero-order valence-corrected chi connectivity index (χ0v) is 22.6. The second-order valence-corrected chi connectivity index (χ2v) is 12.8. The predicted octanol–water partition coefficient (Wildman–Crippen LogP) is 5.54. The van der Waals surface area contributed by atoms with Gasteiger partial charge in [-0.25, -0.2) is 22.6 Å². The lowest BCUT2D eigenvalue weighted by molar-refractivity contribution is 0.00415. The second-order valence-electron chi connectivity index (χ2n) is 10.5. The molecule has 1 aromatic carbocycles. The average Bonchev–Trinajstić information content (AvgIpc) is 3.68. The first-order chi connectivity index (χ1) is 17.5. The molecule has 0 N–H and O–H groups in total. The molecule has 3 aliphatic rings. The fourth-order valence-corrected chi connectivity index (χ4v) is 5.83. The summed E-state index contributed by atoms with van der Waals surface area (Å²) in [5.74, 6) is -0.0144. The highest BCUT2D eigenvalue weighted by Gasteiger charge is 2.37. The zero-order valence-electron chi connectivity index (χ0n) is 21.8. The third-order valence-electron chi connectivity index (χ3n) is 6.38. The Morgan fingerprint density at radius 1 is 1.16 bits per heavy atom. The van der Waals surface area contributed by atoms with Gasteiger partial charge in [-0.3, -0.25) is 0 Å². The SMILES string of the molecule is CCC1=C(Oc2ccc(S(=O)(=O)C3CC3)cc2F)C=C(OC2CCN(C(=O)OC(C)(C)C)CC2)N=CC1. The van der Waals surface area contributed by atoms with Crippen LogP contribution in [0.1, 0.15) is 66.2 Å². The summed E-state index contributed by atoms with van der Waals surface area (Å²) in [5.41, 5.74) is 0.367. The monoisotopic (exact) mass is 534 g/mol. The molecule has 0 atom stereocenters. The molecule has 2 heterocycles. The summed E-state index contributed by atoms with van der Waals surface area (Å²) < 4.78 is 57.3. The molecule has 8 nitrogen and oxygen atoms in total. The molecule has 202 valence electrons. The number of halogens is 1. The van der Waals surface area contributed by atoms with Crippen LogP contribution in [0.25, 0.3) is 0 Å². The van der Waals surface area contributed by atoms with Crippen LogP contribution in [-0.4, -0.2) is 55.7 Å². The molecule has 0 bridgehead atoms. The molecule has 0 unspecified atom stereocenters. The molecule has 1 aliphatic carbocycles. The van der Waals surface area contributed by atoms with Crippen molar-refractivity contribution in [1.82, 2.24) is 4.90 Å². The molecule has 1 saturated heterocycles. The van der Waals surface area contributed by atoms with Crippen LogP contribution in [-0.2, 0) is 19.3 Å². The van der Waals surface area contributed by atoms with Crippen molar-refractivity contribution in [3.8, 4) is 5.75 Å². The number of sulfone groups is 1. The molecule has 0 aromatic heterocycles. The Kier molecular flexibility index (Phi) is 7.96. The van der Waals surface area contributed by atoms with Gasteiger partial charge in [0.1, 0.15) is 17.5 Å². The van der Waals surface area contributed by atoms with Crippen LogP contribution < -0.4 is 4.74 Å². The maximum absolute atomic E-state index is 14.9. The summed E-state index contributed by atoms with van der Waals surface area (Å²) in [6.07, 6.45) is 6.56. The van der Waals surface area contributed by atoms with E-state index in [-0.39, 0.29) is 22.8 Å². The van der Waals surface area contributed by atoms with E-state index in [0.717, 1.165) is 11.6 Å². The molecule has 0 spiro atoms. The van der Waals surface area contributed by atoms with Gasteiger partial charge in [0, 0.05) is 44.6 Å². The summed E-state index contributed by atoms with van der Waals surface area (Å²) in [5, 5.41) is -0.411. The van der Waals surface area contributed by atoms with Crippen LogP contribution in [0.3, 0.4) is 0 Å². The van der Waals surface area contributed by atoms with E-state index >= 15 is 0 Å². The smallest absolute Gasteiger partial charge is 0.410 e. The Morgan fingerprint density at radius 3 is 2.46 bits per heavy atom. The fourth-order valence-electron chi connectivity index (χ4n) is 4.17. The minimum Gasteiger partial charge on any atom is -0.474 e. The highest BCUT2D eigenvalue weighted by Crippen LogP contribution is 2.35. The molecule has 2 aliphatic heterocycles. The number of amides is 1. The summed E-state index contributed by atoms with van der Waals surface area (Å²) in [6, 6.07) is 3.78. The molecule has 0 radical (unpaired) electrons. The van der Waals surface area contributed by atoms with E-state index in [1.165, 1.54) is 12.1 Å². The van der Waals surface area contributed by atoms with Crippen molar-refractivity contribution in [3.05, 3.63) is 47.3 Å². The van der Waals surface area contributed by atoms with Gasteiger partial charge in [-0.05, 0) is 63.8 Å². The van der Waals surface area contributed by atoms with E-state index in [4.69, 9.17) is 14.2 Å². The van der Waals surface area contributed by atoms with Crippen molar-refractivity contribution in [1.29, 1.82) is 0 Å². The number of hydrogen-bond acceptors (Lipinski definition) is 7. The average molecular weight is 535 g/mol. The fraction of sp³-hybridized carbons (Fsp3) is 0.556. The number of aliphatic imine (C=N–C) groups is 1. The van der Waals surface area contributed by atoms with Gasteiger partial charge in [0.2, 0.25) is 5.88 Å². The first-order valence-electron chi connectivity index (χ1n) is 12.8. The number of likely N-dealkylation sites (tertiary alicyclic amines) is 1. The number of benzene rings is 1. The summed E-state index contributed by atoms with van der Waals surface area (Å²) in [4.78, 5) is 18.4. The van der Waals surface area contributed by atoms with Crippen LogP contribution in [0.4, 0.5) is 9.18 Å². The van der Waals surface area contributed by atoms with Crippen molar-refractivity contribution in [2.24, 2.45) is 4.99 Å². The molecular formula is C27H35FN2O6S. The molecule has 1 aromatic rings. The number of allylic oxidation sites excluding steroid dienone is 2. The van der Waals surface area contributed by atoms with Crippen molar-refractivity contribution in [3.63, 3.8) is 0 Å². The van der Waals surface area contributed by atoms with Crippen LogP contribution in [0, 0.1) is 5.82 Å². The number of carbonyl (C=O) groups is 1. The van der Waals surface area contributed by atoms with Gasteiger partial charge in [0.25, 0.3) is 0 Å². The van der Waals surface area contributed by atoms with Crippen molar-refractivity contribution < 1.29 is 31.8 Å². The quantitative estimate of drug-likeness (QED) is 0.456. The molecule has 2 fully saturated rings. The normalized spacial score (nSPS) is 19.4. The van der Waals surface area contributed by atoms with Crippen molar-refractivity contribution in [2.45, 2.75) is 88.1 Å². The van der Waals surface area contributed by atoms with Crippen LogP contribution in [0.5, 0.6) is 5.75 Å². The predicted molar refractivity (Wildman–Crippen MR) is 138 cm³/mol. The molecule has 4 rings (SSSR count). The first-order valence-corrected chi connectivity index (χ1v) is 14.3. The third-order valence-corrected chi connectivity index (χ3v) is 8.64. The number of nitrogens with zero attached hydrogens (tertiary/aromatic N) is 2. The minimum absolute atomic E-state index is 0.0222. The van der Waals surface area contributed by atoms with E-state index in [0.29, 0.717) is 63.3 Å². The van der Waals surface area contributed by atoms with Crippen LogP contribution in [0.15, 0.2) is 51.4 Å². The van der Waals surface area contributed by atoms with Gasteiger partial charge in [0.15, 0.2) is 21.4 Å². The highest BCUT2D eigenvalue weighted by atomic mass is 32.2. The Morgan fingerprint density at radius 2 is 1.86 bits per heavy atom. The van der Waals surface area contributed by atoms with E-state index in [1.807, 2.05) is 27.7 Å². The number of piperidine rings is 1. The largest absolute Gasteiger partial charge is 0.474 e. The van der Waals surface area contributed by atoms with Gasteiger partial charge in [-0.1, -0.05) is 6.92 Å². The molecule has 10 heteroatoms. The van der Waals surface area contributed by atoms with Gasteiger partial charge >= 0.3 is 6.09 Å². The second kappa shape index (κ2) is 10.8. The van der Waals surface area contributed by atoms with Crippen LogP contribution >= 0.6 is 0 Å². The molecule has 37 heavy (non-hydrogen) atoms. The summed E-state index contributed by atoms with van der Waals surface area (Å²) in [7, 11) is -3.50. The van der Waals surface area contributed by atoms with Crippen molar-refractivity contribution >= 4 is 22.1 Å². The Hall–Kier alpha value is -2.88. The van der Waals surface area contributed by atoms with E-state index in [9.17, 15) is 17.6 Å². The number of hydrogen-bond donors (Lipinski definition) is 0. The summed E-state index contributed by atoms with van der Waals surface area (Å²) >= 11 is 0. The molecule has 1 amide bonds.